The quantitative estimate of drug-likeness (QED) is 0.145. The number of nitrogens with zero attached hydrogens (tertiary/aromatic N) is 6. The fourth-order valence-corrected chi connectivity index (χ4v) is 6.58. The Morgan fingerprint density at radius 2 is 0.962 bits per heavy atom. The van der Waals surface area contributed by atoms with Crippen molar-refractivity contribution in [3.05, 3.63) is 120 Å². The second kappa shape index (κ2) is 16.4. The van der Waals surface area contributed by atoms with Gasteiger partial charge in [0, 0.05) is 24.8 Å². The van der Waals surface area contributed by atoms with Crippen LogP contribution in [0.25, 0.3) is 34.4 Å². The Labute approximate surface area is 327 Å². The van der Waals surface area contributed by atoms with Gasteiger partial charge in [-0.15, -0.1) is 0 Å². The van der Waals surface area contributed by atoms with E-state index in [2.05, 4.69) is 164 Å². The third-order valence-corrected chi connectivity index (χ3v) is 10.6. The minimum atomic E-state index is -0.0262. The molecule has 0 amide bonds. The maximum absolute atomic E-state index is 5.04. The molecule has 6 aromatic rings. The summed E-state index contributed by atoms with van der Waals surface area (Å²) >= 11 is 0. The Balaban J connectivity index is 0.000000236. The van der Waals surface area contributed by atoms with Crippen molar-refractivity contribution in [2.24, 2.45) is 5.41 Å². The van der Waals surface area contributed by atoms with E-state index >= 15 is 0 Å². The zero-order valence-corrected chi connectivity index (χ0v) is 35.7. The van der Waals surface area contributed by atoms with Crippen LogP contribution in [-0.2, 0) is 26.5 Å². The fraction of sp³-hybridized carbons (Fsp3) is 0.422. The van der Waals surface area contributed by atoms with Crippen molar-refractivity contribution in [2.75, 3.05) is 0 Å². The Kier molecular flexibility index (Phi) is 12.9. The van der Waals surface area contributed by atoms with Gasteiger partial charge >= 0.3 is 21.1 Å². The molecule has 2 aromatic carbocycles. The molecule has 6 rings (SSSR count). The van der Waals surface area contributed by atoms with E-state index in [-0.39, 0.29) is 31.9 Å². The van der Waals surface area contributed by atoms with E-state index in [9.17, 15) is 0 Å². The average Bonchev–Trinajstić information content (AvgIpc) is 3.90. The number of rotatable bonds is 9. The number of hydrogen-bond donors (Lipinski definition) is 0. The van der Waals surface area contributed by atoms with Gasteiger partial charge in [-0.1, -0.05) is 162 Å². The van der Waals surface area contributed by atoms with Crippen LogP contribution in [0.15, 0.2) is 91.6 Å². The molecule has 0 fully saturated rings. The summed E-state index contributed by atoms with van der Waals surface area (Å²) in [6, 6.07) is 21.5. The first-order chi connectivity index (χ1) is 24.0. The average molecular weight is 878 g/mol. The summed E-state index contributed by atoms with van der Waals surface area (Å²) < 4.78 is 4.42. The second-order valence-electron chi connectivity index (χ2n) is 16.5. The van der Waals surface area contributed by atoms with Crippen molar-refractivity contribution in [3.63, 3.8) is 0 Å². The first kappa shape index (κ1) is 40.9. The Morgan fingerprint density at radius 3 is 1.33 bits per heavy atom. The van der Waals surface area contributed by atoms with Gasteiger partial charge in [0.1, 0.15) is 11.6 Å². The molecule has 278 valence electrons. The molecule has 0 spiro atoms. The molecular formula is C45H58N6Pt. The minimum absolute atomic E-state index is 0. The molecule has 0 aliphatic carbocycles. The Hall–Kier alpha value is -3.89. The van der Waals surface area contributed by atoms with Crippen molar-refractivity contribution in [1.29, 1.82) is 0 Å². The topological polar surface area (TPSA) is 63.8 Å². The summed E-state index contributed by atoms with van der Waals surface area (Å²) in [5.41, 5.74) is 11.0. The zero-order chi connectivity index (χ0) is 37.2. The summed E-state index contributed by atoms with van der Waals surface area (Å²) in [5.74, 6) is 3.59. The summed E-state index contributed by atoms with van der Waals surface area (Å²) in [4.78, 5) is 18.7. The van der Waals surface area contributed by atoms with Crippen LogP contribution in [0.2, 0.25) is 0 Å². The van der Waals surface area contributed by atoms with Crippen molar-refractivity contribution >= 4 is 0 Å². The van der Waals surface area contributed by atoms with E-state index in [4.69, 9.17) is 9.97 Å². The van der Waals surface area contributed by atoms with E-state index < -0.39 is 0 Å². The molecule has 4 heterocycles. The smallest absolute Gasteiger partial charge is 0.661 e. The SMILES string of the molecule is CC(C)c1cccc(C(C)C)c1-n1ccnc1-c1ccc(C(C)(C)C(C)(C)C)[n-]1.CC(C)c1cccc(C(C)C)c1-n1ccnc1-c1ccc[n-]1.[Pt+2]. The molecule has 4 aromatic heterocycles. The second-order valence-corrected chi connectivity index (χ2v) is 16.5. The van der Waals surface area contributed by atoms with Gasteiger partial charge in [-0.3, -0.25) is 0 Å². The fourth-order valence-electron chi connectivity index (χ4n) is 6.58. The molecule has 7 heteroatoms. The number of hydrogen-bond acceptors (Lipinski definition) is 2. The molecule has 0 saturated carbocycles. The van der Waals surface area contributed by atoms with Crippen molar-refractivity contribution in [1.82, 2.24) is 29.1 Å². The normalized spacial score (nSPS) is 12.1. The molecule has 0 unspecified atom stereocenters. The molecule has 0 N–H and O–H groups in total. The summed E-state index contributed by atoms with van der Waals surface area (Å²) in [6.07, 6.45) is 9.67. The zero-order valence-electron chi connectivity index (χ0n) is 33.5. The number of imidazole rings is 2. The van der Waals surface area contributed by atoms with Gasteiger partial charge in [-0.2, -0.15) is 11.9 Å². The van der Waals surface area contributed by atoms with Crippen molar-refractivity contribution in [3.8, 4) is 34.4 Å². The van der Waals surface area contributed by atoms with Crippen LogP contribution < -0.4 is 9.97 Å². The van der Waals surface area contributed by atoms with E-state index in [1.165, 1.54) is 33.6 Å². The van der Waals surface area contributed by atoms with Crippen LogP contribution in [0, 0.1) is 5.41 Å². The standard InChI is InChI=1S/C26H36N3.C19H22N3.Pt/c1-17(2)19-11-10-12-20(18(3)4)23(19)29-16-15-27-24(29)21-13-14-22(28-21)26(8,9)25(5,6)7;1-13(2)15-7-5-8-16(14(3)4)18(15)22-12-11-21-19(22)17-9-6-10-20-17;/h10-18H,1-9H3;5-14H,1-4H3;/q2*-1;+2. The van der Waals surface area contributed by atoms with E-state index in [0.717, 1.165) is 28.7 Å². The summed E-state index contributed by atoms with van der Waals surface area (Å²) in [7, 11) is 0. The molecule has 0 aliphatic rings. The van der Waals surface area contributed by atoms with Crippen LogP contribution >= 0.6 is 0 Å². The van der Waals surface area contributed by atoms with Crippen LogP contribution in [0.3, 0.4) is 0 Å². The Morgan fingerprint density at radius 1 is 0.538 bits per heavy atom. The Bertz CT molecular complexity index is 1970. The monoisotopic (exact) mass is 877 g/mol. The number of para-hydroxylation sites is 2. The van der Waals surface area contributed by atoms with E-state index in [1.54, 1.807) is 0 Å². The number of aromatic nitrogens is 6. The maximum atomic E-state index is 5.04. The molecule has 0 bridgehead atoms. The van der Waals surface area contributed by atoms with Gasteiger partial charge in [0.2, 0.25) is 0 Å². The van der Waals surface area contributed by atoms with Crippen LogP contribution in [0.5, 0.6) is 0 Å². The molecule has 6 nitrogen and oxygen atoms in total. The third-order valence-electron chi connectivity index (χ3n) is 10.6. The van der Waals surface area contributed by atoms with E-state index in [1.807, 2.05) is 36.9 Å². The van der Waals surface area contributed by atoms with E-state index in [0.29, 0.717) is 23.7 Å². The largest absolute Gasteiger partial charge is 2.00 e. The van der Waals surface area contributed by atoms with Gasteiger partial charge in [0.05, 0.1) is 11.4 Å². The molecular weight excluding hydrogens is 820 g/mol. The molecule has 0 aliphatic heterocycles. The first-order valence-electron chi connectivity index (χ1n) is 18.6. The van der Waals surface area contributed by atoms with Crippen LogP contribution in [-0.4, -0.2) is 19.1 Å². The van der Waals surface area contributed by atoms with Crippen LogP contribution in [0.4, 0.5) is 0 Å². The third kappa shape index (κ3) is 8.18. The minimum Gasteiger partial charge on any atom is -0.661 e. The number of benzene rings is 2. The summed E-state index contributed by atoms with van der Waals surface area (Å²) in [6.45, 7) is 29.3. The van der Waals surface area contributed by atoms with Gasteiger partial charge in [0.25, 0.3) is 0 Å². The van der Waals surface area contributed by atoms with Crippen molar-refractivity contribution < 1.29 is 21.1 Å². The van der Waals surface area contributed by atoms with Gasteiger partial charge < -0.3 is 19.1 Å². The first-order valence-corrected chi connectivity index (χ1v) is 18.6. The predicted octanol–water partition coefficient (Wildman–Crippen LogP) is 11.8. The molecule has 0 radical (unpaired) electrons. The summed E-state index contributed by atoms with van der Waals surface area (Å²) in [5, 5.41) is 0. The maximum Gasteiger partial charge on any atom is 2.00 e. The predicted molar refractivity (Wildman–Crippen MR) is 213 cm³/mol. The van der Waals surface area contributed by atoms with Gasteiger partial charge in [0.15, 0.2) is 0 Å². The molecule has 0 atom stereocenters. The van der Waals surface area contributed by atoms with Crippen LogP contribution in [0.1, 0.15) is 142 Å². The van der Waals surface area contributed by atoms with Gasteiger partial charge in [-0.25, -0.2) is 9.97 Å². The molecule has 52 heavy (non-hydrogen) atoms. The van der Waals surface area contributed by atoms with Crippen molar-refractivity contribution in [2.45, 2.75) is 119 Å². The van der Waals surface area contributed by atoms with Gasteiger partial charge in [-0.05, 0) is 56.8 Å². The molecule has 0 saturated heterocycles.